The highest BCUT2D eigenvalue weighted by Crippen LogP contribution is 2.54. The molecule has 0 nitrogen and oxygen atoms in total. The van der Waals surface area contributed by atoms with Crippen molar-refractivity contribution in [3.63, 3.8) is 0 Å². The van der Waals surface area contributed by atoms with Crippen LogP contribution in [0.3, 0.4) is 0 Å². The first kappa shape index (κ1) is 15.1. The van der Waals surface area contributed by atoms with Gasteiger partial charge in [0.2, 0.25) is 0 Å². The Balaban J connectivity index is 2.98. The molecule has 1 saturated carbocycles. The molecule has 1 aliphatic carbocycles. The van der Waals surface area contributed by atoms with Gasteiger partial charge in [0.1, 0.15) is 0 Å². The summed E-state index contributed by atoms with van der Waals surface area (Å²) in [4.78, 5) is 0. The Hall–Kier alpha value is 0. The summed E-state index contributed by atoms with van der Waals surface area (Å²) < 4.78 is 0. The molecule has 0 aromatic heterocycles. The molecule has 0 heterocycles. The monoisotopic (exact) mass is 238 g/mol. The Bertz CT molecular complexity index is 216. The maximum absolute atomic E-state index is 2.53. The van der Waals surface area contributed by atoms with E-state index in [1.54, 1.807) is 0 Å². The van der Waals surface area contributed by atoms with Crippen molar-refractivity contribution in [1.82, 2.24) is 0 Å². The lowest BCUT2D eigenvalue weighted by Gasteiger charge is -2.32. The van der Waals surface area contributed by atoms with E-state index in [0.717, 1.165) is 41.4 Å². The summed E-state index contributed by atoms with van der Waals surface area (Å²) >= 11 is 0. The van der Waals surface area contributed by atoms with Crippen molar-refractivity contribution >= 4 is 0 Å². The van der Waals surface area contributed by atoms with Crippen LogP contribution in [-0.2, 0) is 0 Å². The molecule has 102 valence electrons. The lowest BCUT2D eigenvalue weighted by Crippen LogP contribution is -2.26. The third-order valence-corrected chi connectivity index (χ3v) is 5.40. The first-order valence-electron chi connectivity index (χ1n) is 7.95. The Morgan fingerprint density at radius 1 is 0.824 bits per heavy atom. The molecule has 0 N–H and O–H groups in total. The van der Waals surface area contributed by atoms with Crippen LogP contribution >= 0.6 is 0 Å². The van der Waals surface area contributed by atoms with Crippen LogP contribution < -0.4 is 0 Å². The number of hydrogen-bond acceptors (Lipinski definition) is 0. The van der Waals surface area contributed by atoms with Gasteiger partial charge in [-0.25, -0.2) is 0 Å². The fraction of sp³-hybridized carbons (Fsp3) is 1.00. The van der Waals surface area contributed by atoms with Crippen molar-refractivity contribution in [3.8, 4) is 0 Å². The minimum atomic E-state index is 0.855. The molecule has 17 heavy (non-hydrogen) atoms. The molecule has 0 amide bonds. The fourth-order valence-electron chi connectivity index (χ4n) is 5.00. The minimum Gasteiger partial charge on any atom is -0.0654 e. The molecule has 0 aromatic rings. The molecular weight excluding hydrogens is 204 g/mol. The fourth-order valence-corrected chi connectivity index (χ4v) is 5.00. The highest BCUT2D eigenvalue weighted by molar-refractivity contribution is 4.96. The van der Waals surface area contributed by atoms with Gasteiger partial charge in [0, 0.05) is 0 Å². The Kier molecular flexibility index (Phi) is 5.54. The maximum Gasteiger partial charge on any atom is -0.0326 e. The molecule has 5 atom stereocenters. The third-order valence-electron chi connectivity index (χ3n) is 5.40. The van der Waals surface area contributed by atoms with Gasteiger partial charge in [-0.05, 0) is 41.4 Å². The van der Waals surface area contributed by atoms with Crippen molar-refractivity contribution < 1.29 is 0 Å². The van der Waals surface area contributed by atoms with Crippen LogP contribution in [0.4, 0.5) is 0 Å². The third kappa shape index (κ3) is 2.88. The zero-order chi connectivity index (χ0) is 13.2. The number of hydrogen-bond donors (Lipinski definition) is 0. The summed E-state index contributed by atoms with van der Waals surface area (Å²) in [5.74, 6) is 6.55. The van der Waals surface area contributed by atoms with E-state index in [1.165, 1.54) is 19.3 Å². The van der Waals surface area contributed by atoms with Gasteiger partial charge < -0.3 is 0 Å². The van der Waals surface area contributed by atoms with Crippen molar-refractivity contribution in [2.24, 2.45) is 41.4 Å². The standard InChI is InChI=1S/C17H34/c1-8-10-15-14(9-2)13(7)16(11(3)4)17(15)12(5)6/h11-17H,8-10H2,1-7H3. The Labute approximate surface area is 110 Å². The van der Waals surface area contributed by atoms with Crippen molar-refractivity contribution in [3.05, 3.63) is 0 Å². The lowest BCUT2D eigenvalue weighted by molar-refractivity contribution is 0.163. The smallest absolute Gasteiger partial charge is 0.0326 e. The van der Waals surface area contributed by atoms with E-state index in [4.69, 9.17) is 0 Å². The topological polar surface area (TPSA) is 0 Å². The lowest BCUT2D eigenvalue weighted by atomic mass is 9.73. The van der Waals surface area contributed by atoms with E-state index in [2.05, 4.69) is 48.5 Å². The summed E-state index contributed by atoms with van der Waals surface area (Å²) in [7, 11) is 0. The van der Waals surface area contributed by atoms with Crippen LogP contribution in [0, 0.1) is 41.4 Å². The summed E-state index contributed by atoms with van der Waals surface area (Å²) in [6, 6.07) is 0. The first-order valence-corrected chi connectivity index (χ1v) is 7.95. The van der Waals surface area contributed by atoms with Gasteiger partial charge in [-0.1, -0.05) is 67.7 Å². The van der Waals surface area contributed by atoms with E-state index < -0.39 is 0 Å². The molecule has 1 rings (SSSR count). The molecule has 1 aliphatic rings. The normalized spacial score (nSPS) is 38.3. The largest absolute Gasteiger partial charge is 0.0654 e. The predicted molar refractivity (Wildman–Crippen MR) is 78.0 cm³/mol. The average Bonchev–Trinajstić information content (AvgIpc) is 2.51. The molecule has 0 spiro atoms. The molecule has 0 aromatic carbocycles. The minimum absolute atomic E-state index is 0.855. The molecule has 0 aliphatic heterocycles. The van der Waals surface area contributed by atoms with E-state index >= 15 is 0 Å². The molecule has 1 fully saturated rings. The predicted octanol–water partition coefficient (Wildman–Crippen LogP) is 5.62. The Morgan fingerprint density at radius 3 is 1.71 bits per heavy atom. The first-order chi connectivity index (χ1) is 7.95. The van der Waals surface area contributed by atoms with Crippen LogP contribution in [0.25, 0.3) is 0 Å². The summed E-state index contributed by atoms with van der Waals surface area (Å²) in [5, 5.41) is 0. The zero-order valence-corrected chi connectivity index (χ0v) is 13.2. The van der Waals surface area contributed by atoms with Gasteiger partial charge in [-0.2, -0.15) is 0 Å². The van der Waals surface area contributed by atoms with Crippen LogP contribution in [-0.4, -0.2) is 0 Å². The van der Waals surface area contributed by atoms with Crippen molar-refractivity contribution in [2.45, 2.75) is 67.7 Å². The molecule has 0 heteroatoms. The van der Waals surface area contributed by atoms with E-state index in [0.29, 0.717) is 0 Å². The highest BCUT2D eigenvalue weighted by atomic mass is 14.5. The van der Waals surface area contributed by atoms with Crippen LogP contribution in [0.2, 0.25) is 0 Å². The van der Waals surface area contributed by atoms with Crippen LogP contribution in [0.15, 0.2) is 0 Å². The van der Waals surface area contributed by atoms with Crippen molar-refractivity contribution in [2.75, 3.05) is 0 Å². The van der Waals surface area contributed by atoms with Gasteiger partial charge in [-0.3, -0.25) is 0 Å². The van der Waals surface area contributed by atoms with Crippen LogP contribution in [0.5, 0.6) is 0 Å². The van der Waals surface area contributed by atoms with Gasteiger partial charge >= 0.3 is 0 Å². The summed E-state index contributed by atoms with van der Waals surface area (Å²) in [6.45, 7) is 17.1. The second-order valence-electron chi connectivity index (χ2n) is 7.03. The SMILES string of the molecule is CCCC1C(CC)C(C)C(C(C)C)C1C(C)C. The molecule has 0 bridgehead atoms. The summed E-state index contributed by atoms with van der Waals surface area (Å²) in [5.41, 5.74) is 0. The average molecular weight is 238 g/mol. The summed E-state index contributed by atoms with van der Waals surface area (Å²) in [6.07, 6.45) is 4.20. The van der Waals surface area contributed by atoms with Gasteiger partial charge in [0.05, 0.1) is 0 Å². The van der Waals surface area contributed by atoms with E-state index in [-0.39, 0.29) is 0 Å². The number of rotatable bonds is 5. The van der Waals surface area contributed by atoms with Crippen molar-refractivity contribution in [1.29, 1.82) is 0 Å². The molecule has 5 unspecified atom stereocenters. The van der Waals surface area contributed by atoms with Gasteiger partial charge in [0.25, 0.3) is 0 Å². The second-order valence-corrected chi connectivity index (χ2v) is 7.03. The van der Waals surface area contributed by atoms with Gasteiger partial charge in [0.15, 0.2) is 0 Å². The highest BCUT2D eigenvalue weighted by Gasteiger charge is 2.48. The molecule has 0 radical (unpaired) electrons. The van der Waals surface area contributed by atoms with E-state index in [9.17, 15) is 0 Å². The van der Waals surface area contributed by atoms with E-state index in [1.807, 2.05) is 0 Å². The quantitative estimate of drug-likeness (QED) is 0.583. The Morgan fingerprint density at radius 2 is 1.35 bits per heavy atom. The van der Waals surface area contributed by atoms with Gasteiger partial charge in [-0.15, -0.1) is 0 Å². The zero-order valence-electron chi connectivity index (χ0n) is 13.2. The second kappa shape index (κ2) is 6.25. The molecular formula is C17H34. The molecule has 0 saturated heterocycles. The maximum atomic E-state index is 2.53. The van der Waals surface area contributed by atoms with Crippen LogP contribution in [0.1, 0.15) is 67.7 Å².